The number of benzene rings is 3. The summed E-state index contributed by atoms with van der Waals surface area (Å²) in [6.07, 6.45) is 0. The largest absolute Gasteiger partial charge is 0.494 e. The molecule has 3 aromatic carbocycles. The first-order chi connectivity index (χ1) is 16.1. The number of nitrogens with one attached hydrogen (secondary N) is 1. The Morgan fingerprint density at radius 1 is 0.879 bits per heavy atom. The number of rotatable bonds is 7. The molecule has 166 valence electrons. The van der Waals surface area contributed by atoms with Crippen LogP contribution in [-0.2, 0) is 6.54 Å². The van der Waals surface area contributed by atoms with E-state index in [4.69, 9.17) is 4.74 Å². The van der Waals surface area contributed by atoms with Gasteiger partial charge in [0, 0.05) is 23.4 Å². The van der Waals surface area contributed by atoms with Crippen molar-refractivity contribution in [2.75, 3.05) is 11.9 Å². The van der Waals surface area contributed by atoms with Crippen molar-refractivity contribution < 1.29 is 9.53 Å². The Kier molecular flexibility index (Phi) is 6.64. The van der Waals surface area contributed by atoms with Gasteiger partial charge in [-0.2, -0.15) is 5.10 Å². The van der Waals surface area contributed by atoms with E-state index in [-0.39, 0.29) is 5.56 Å². The minimum atomic E-state index is -0.482. The normalized spacial score (nSPS) is 10.6. The lowest BCUT2D eigenvalue weighted by Gasteiger charge is -2.17. The summed E-state index contributed by atoms with van der Waals surface area (Å²) in [6.45, 7) is 4.64. The SMILES string of the molecule is CCOc1ccc(NC(=O)c2c(-c3ccccc3)c(-c3ccccc3)nn(CC)c2=O)cc1. The zero-order chi connectivity index (χ0) is 23.2. The van der Waals surface area contributed by atoms with Crippen LogP contribution < -0.4 is 15.6 Å². The first kappa shape index (κ1) is 22.0. The van der Waals surface area contributed by atoms with E-state index >= 15 is 0 Å². The molecule has 0 radical (unpaired) electrons. The monoisotopic (exact) mass is 439 g/mol. The van der Waals surface area contributed by atoms with Gasteiger partial charge in [0.25, 0.3) is 11.5 Å². The van der Waals surface area contributed by atoms with Gasteiger partial charge in [-0.15, -0.1) is 0 Å². The molecule has 4 aromatic rings. The van der Waals surface area contributed by atoms with Crippen LogP contribution in [0.5, 0.6) is 5.75 Å². The molecule has 1 amide bonds. The minimum Gasteiger partial charge on any atom is -0.494 e. The lowest BCUT2D eigenvalue weighted by Crippen LogP contribution is -2.32. The summed E-state index contributed by atoms with van der Waals surface area (Å²) >= 11 is 0. The van der Waals surface area contributed by atoms with E-state index in [9.17, 15) is 9.59 Å². The number of carbonyl (C=O) groups excluding carboxylic acids is 1. The summed E-state index contributed by atoms with van der Waals surface area (Å²) in [6, 6.07) is 26.1. The minimum absolute atomic E-state index is 0.0609. The van der Waals surface area contributed by atoms with E-state index in [1.807, 2.05) is 74.5 Å². The molecule has 6 nitrogen and oxygen atoms in total. The van der Waals surface area contributed by atoms with Gasteiger partial charge in [0.05, 0.1) is 12.3 Å². The summed E-state index contributed by atoms with van der Waals surface area (Å²) in [5.74, 6) is 0.230. The highest BCUT2D eigenvalue weighted by Gasteiger charge is 2.25. The molecule has 1 aromatic heterocycles. The van der Waals surface area contributed by atoms with Crippen LogP contribution in [0.1, 0.15) is 24.2 Å². The fourth-order valence-corrected chi connectivity index (χ4v) is 3.67. The molecule has 4 rings (SSSR count). The molecule has 0 aliphatic carbocycles. The van der Waals surface area contributed by atoms with Gasteiger partial charge in [-0.05, 0) is 43.7 Å². The smallest absolute Gasteiger partial charge is 0.280 e. The number of nitrogens with zero attached hydrogens (tertiary/aromatic N) is 2. The summed E-state index contributed by atoms with van der Waals surface area (Å²) in [7, 11) is 0. The van der Waals surface area contributed by atoms with Crippen molar-refractivity contribution in [1.29, 1.82) is 0 Å². The van der Waals surface area contributed by atoms with Crippen molar-refractivity contribution in [2.45, 2.75) is 20.4 Å². The van der Waals surface area contributed by atoms with E-state index in [1.54, 1.807) is 24.3 Å². The number of amides is 1. The van der Waals surface area contributed by atoms with Gasteiger partial charge >= 0.3 is 0 Å². The number of aryl methyl sites for hydroxylation is 1. The Bertz CT molecular complexity index is 1300. The molecule has 0 atom stereocenters. The van der Waals surface area contributed by atoms with Gasteiger partial charge < -0.3 is 10.1 Å². The van der Waals surface area contributed by atoms with E-state index in [1.165, 1.54) is 4.68 Å². The predicted octanol–water partition coefficient (Wildman–Crippen LogP) is 5.25. The van der Waals surface area contributed by atoms with Crippen LogP contribution in [0.3, 0.4) is 0 Å². The molecule has 0 fully saturated rings. The Hall–Kier alpha value is -4.19. The van der Waals surface area contributed by atoms with Crippen molar-refractivity contribution in [3.63, 3.8) is 0 Å². The lowest BCUT2D eigenvalue weighted by atomic mass is 9.95. The van der Waals surface area contributed by atoms with Crippen molar-refractivity contribution in [3.8, 4) is 28.1 Å². The van der Waals surface area contributed by atoms with E-state index in [0.29, 0.717) is 35.8 Å². The molecule has 0 unspecified atom stereocenters. The number of hydrogen-bond acceptors (Lipinski definition) is 4. The maximum absolute atomic E-state index is 13.5. The molecule has 33 heavy (non-hydrogen) atoms. The molecule has 0 bridgehead atoms. The predicted molar refractivity (Wildman–Crippen MR) is 131 cm³/mol. The van der Waals surface area contributed by atoms with Crippen molar-refractivity contribution in [3.05, 3.63) is 101 Å². The lowest BCUT2D eigenvalue weighted by molar-refractivity contribution is 0.102. The summed E-state index contributed by atoms with van der Waals surface area (Å²) < 4.78 is 6.80. The maximum Gasteiger partial charge on any atom is 0.280 e. The Morgan fingerprint density at radius 3 is 2.06 bits per heavy atom. The molecule has 0 saturated carbocycles. The third kappa shape index (κ3) is 4.70. The molecule has 0 aliphatic rings. The second-order valence-corrected chi connectivity index (χ2v) is 7.36. The molecule has 0 spiro atoms. The average Bonchev–Trinajstić information content (AvgIpc) is 2.86. The number of hydrogen-bond donors (Lipinski definition) is 1. The molecular formula is C27H25N3O3. The van der Waals surface area contributed by atoms with E-state index in [0.717, 1.165) is 11.1 Å². The fraction of sp³-hybridized carbons (Fsp3) is 0.148. The number of ether oxygens (including phenoxy) is 1. The highest BCUT2D eigenvalue weighted by atomic mass is 16.5. The second kappa shape index (κ2) is 9.96. The Labute approximate surface area is 192 Å². The van der Waals surface area contributed by atoms with Gasteiger partial charge in [-0.3, -0.25) is 9.59 Å². The average molecular weight is 440 g/mol. The second-order valence-electron chi connectivity index (χ2n) is 7.36. The standard InChI is InChI=1S/C27H25N3O3/c1-3-30-27(32)24(26(31)28-21-15-17-22(18-16-21)33-4-2)23(19-11-7-5-8-12-19)25(29-30)20-13-9-6-10-14-20/h5-18H,3-4H2,1-2H3,(H,28,31). The molecule has 6 heteroatoms. The molecule has 1 heterocycles. The van der Waals surface area contributed by atoms with Crippen LogP contribution in [0, 0.1) is 0 Å². The Balaban J connectivity index is 1.89. The van der Waals surface area contributed by atoms with E-state index in [2.05, 4.69) is 10.4 Å². The summed E-state index contributed by atoms with van der Waals surface area (Å²) in [4.78, 5) is 26.9. The van der Waals surface area contributed by atoms with Gasteiger partial charge in [0.15, 0.2) is 0 Å². The van der Waals surface area contributed by atoms with Gasteiger partial charge in [0.2, 0.25) is 0 Å². The zero-order valence-electron chi connectivity index (χ0n) is 18.6. The Morgan fingerprint density at radius 2 is 1.48 bits per heavy atom. The topological polar surface area (TPSA) is 73.2 Å². The quantitative estimate of drug-likeness (QED) is 0.427. The summed E-state index contributed by atoms with van der Waals surface area (Å²) in [5.41, 5.74) is 2.88. The van der Waals surface area contributed by atoms with Crippen LogP contribution in [0.4, 0.5) is 5.69 Å². The third-order valence-electron chi connectivity index (χ3n) is 5.22. The number of aromatic nitrogens is 2. The third-order valence-corrected chi connectivity index (χ3v) is 5.22. The highest BCUT2D eigenvalue weighted by molar-refractivity contribution is 6.10. The van der Waals surface area contributed by atoms with Crippen LogP contribution in [0.25, 0.3) is 22.4 Å². The van der Waals surface area contributed by atoms with Crippen LogP contribution in [0.2, 0.25) is 0 Å². The molecule has 1 N–H and O–H groups in total. The van der Waals surface area contributed by atoms with Crippen molar-refractivity contribution >= 4 is 11.6 Å². The molecule has 0 saturated heterocycles. The highest BCUT2D eigenvalue weighted by Crippen LogP contribution is 2.32. The zero-order valence-corrected chi connectivity index (χ0v) is 18.6. The number of carbonyl (C=O) groups is 1. The summed E-state index contributed by atoms with van der Waals surface area (Å²) in [5, 5.41) is 7.50. The van der Waals surface area contributed by atoms with Gasteiger partial charge in [-0.25, -0.2) is 4.68 Å². The fourth-order valence-electron chi connectivity index (χ4n) is 3.67. The maximum atomic E-state index is 13.5. The van der Waals surface area contributed by atoms with Crippen LogP contribution in [0.15, 0.2) is 89.7 Å². The van der Waals surface area contributed by atoms with Crippen molar-refractivity contribution in [1.82, 2.24) is 9.78 Å². The molecule has 0 aliphatic heterocycles. The van der Waals surface area contributed by atoms with Gasteiger partial charge in [-0.1, -0.05) is 60.7 Å². The molecular weight excluding hydrogens is 414 g/mol. The van der Waals surface area contributed by atoms with E-state index < -0.39 is 11.5 Å². The van der Waals surface area contributed by atoms with Crippen LogP contribution in [-0.4, -0.2) is 22.3 Å². The van der Waals surface area contributed by atoms with Gasteiger partial charge in [0.1, 0.15) is 11.3 Å². The first-order valence-electron chi connectivity index (χ1n) is 10.9. The van der Waals surface area contributed by atoms with Crippen LogP contribution >= 0.6 is 0 Å². The number of anilines is 1. The van der Waals surface area contributed by atoms with Crippen molar-refractivity contribution in [2.24, 2.45) is 0 Å². The first-order valence-corrected chi connectivity index (χ1v) is 10.9.